The van der Waals surface area contributed by atoms with Gasteiger partial charge in [0.15, 0.2) is 0 Å². The number of carbonyl (C=O) groups excluding carboxylic acids is 1. The molecule has 1 aliphatic heterocycles. The highest BCUT2D eigenvalue weighted by atomic mass is 19.1. The van der Waals surface area contributed by atoms with Crippen LogP contribution in [0, 0.1) is 5.82 Å². The number of nitrogens with zero attached hydrogens (tertiary/aromatic N) is 1. The van der Waals surface area contributed by atoms with Crippen LogP contribution in [-0.2, 0) is 4.74 Å². The SMILES string of the molecule is C[C@@H](NC(=O)c1ccc(O)cc1F)C1(N2CCOCC2)CCCC1. The van der Waals surface area contributed by atoms with Gasteiger partial charge in [0.05, 0.1) is 18.8 Å². The molecule has 1 amide bonds. The minimum atomic E-state index is -0.702. The highest BCUT2D eigenvalue weighted by Gasteiger charge is 2.45. The van der Waals surface area contributed by atoms with Gasteiger partial charge in [0.1, 0.15) is 11.6 Å². The number of ether oxygens (including phenoxy) is 1. The lowest BCUT2D eigenvalue weighted by Gasteiger charge is -2.47. The van der Waals surface area contributed by atoms with Crippen molar-refractivity contribution in [2.45, 2.75) is 44.2 Å². The zero-order valence-electron chi connectivity index (χ0n) is 14.1. The van der Waals surface area contributed by atoms with Crippen LogP contribution in [0.2, 0.25) is 0 Å². The van der Waals surface area contributed by atoms with E-state index in [0.29, 0.717) is 0 Å². The van der Waals surface area contributed by atoms with Gasteiger partial charge in [-0.1, -0.05) is 12.8 Å². The number of phenolic OH excluding ortho intramolecular Hbond substituents is 1. The second-order valence-electron chi connectivity index (χ2n) is 6.77. The third-order valence-corrected chi connectivity index (χ3v) is 5.46. The fourth-order valence-corrected chi connectivity index (χ4v) is 4.12. The first-order valence-corrected chi connectivity index (χ1v) is 8.65. The average Bonchev–Trinajstić information content (AvgIpc) is 3.06. The summed E-state index contributed by atoms with van der Waals surface area (Å²) >= 11 is 0. The van der Waals surface area contributed by atoms with E-state index in [1.165, 1.54) is 12.1 Å². The molecule has 2 N–H and O–H groups in total. The lowest BCUT2D eigenvalue weighted by Crippen LogP contribution is -2.62. The Kier molecular flexibility index (Phi) is 5.06. The van der Waals surface area contributed by atoms with Gasteiger partial charge in [-0.2, -0.15) is 0 Å². The van der Waals surface area contributed by atoms with Crippen molar-refractivity contribution in [2.75, 3.05) is 26.3 Å². The first-order chi connectivity index (χ1) is 11.5. The molecule has 1 saturated carbocycles. The van der Waals surface area contributed by atoms with Crippen LogP contribution in [0.4, 0.5) is 4.39 Å². The Morgan fingerprint density at radius 3 is 2.62 bits per heavy atom. The Bertz CT molecular complexity index is 596. The van der Waals surface area contributed by atoms with Gasteiger partial charge in [-0.15, -0.1) is 0 Å². The van der Waals surface area contributed by atoms with Crippen molar-refractivity contribution in [1.29, 1.82) is 0 Å². The number of benzene rings is 1. The topological polar surface area (TPSA) is 61.8 Å². The van der Waals surface area contributed by atoms with E-state index in [-0.39, 0.29) is 22.9 Å². The van der Waals surface area contributed by atoms with Crippen molar-refractivity contribution < 1.29 is 19.0 Å². The van der Waals surface area contributed by atoms with Gasteiger partial charge in [0, 0.05) is 30.7 Å². The summed E-state index contributed by atoms with van der Waals surface area (Å²) in [7, 11) is 0. The highest BCUT2D eigenvalue weighted by Crippen LogP contribution is 2.38. The van der Waals surface area contributed by atoms with Crippen molar-refractivity contribution in [3.8, 4) is 5.75 Å². The molecule has 1 aromatic rings. The van der Waals surface area contributed by atoms with Crippen LogP contribution in [0.15, 0.2) is 18.2 Å². The summed E-state index contributed by atoms with van der Waals surface area (Å²) in [6.45, 7) is 5.18. The maximum Gasteiger partial charge on any atom is 0.254 e. The standard InChI is InChI=1S/C18H25FN2O3/c1-13(20-17(23)15-5-4-14(22)12-16(15)19)18(6-2-3-7-18)21-8-10-24-11-9-21/h4-5,12-13,22H,2-3,6-11H2,1H3,(H,20,23)/t13-/m1/s1. The molecule has 0 unspecified atom stereocenters. The van der Waals surface area contributed by atoms with Crippen LogP contribution in [0.1, 0.15) is 43.0 Å². The van der Waals surface area contributed by atoms with E-state index >= 15 is 0 Å². The third kappa shape index (κ3) is 3.26. The Labute approximate surface area is 141 Å². The molecule has 2 fully saturated rings. The number of morpholine rings is 1. The van der Waals surface area contributed by atoms with Gasteiger partial charge >= 0.3 is 0 Å². The molecular weight excluding hydrogens is 311 g/mol. The maximum absolute atomic E-state index is 13.9. The summed E-state index contributed by atoms with van der Waals surface area (Å²) in [4.78, 5) is 14.9. The van der Waals surface area contributed by atoms with E-state index in [4.69, 9.17) is 4.74 Å². The molecule has 2 aliphatic rings. The summed E-state index contributed by atoms with van der Waals surface area (Å²) < 4.78 is 19.4. The minimum absolute atomic E-state index is 0.0326. The van der Waals surface area contributed by atoms with Crippen LogP contribution in [0.25, 0.3) is 0 Å². The fourth-order valence-electron chi connectivity index (χ4n) is 4.12. The van der Waals surface area contributed by atoms with E-state index in [9.17, 15) is 14.3 Å². The fraction of sp³-hybridized carbons (Fsp3) is 0.611. The van der Waals surface area contributed by atoms with Crippen molar-refractivity contribution in [3.63, 3.8) is 0 Å². The van der Waals surface area contributed by atoms with Crippen molar-refractivity contribution in [1.82, 2.24) is 10.2 Å². The van der Waals surface area contributed by atoms with Crippen molar-refractivity contribution in [2.24, 2.45) is 0 Å². The number of aromatic hydroxyl groups is 1. The Balaban J connectivity index is 1.75. The minimum Gasteiger partial charge on any atom is -0.508 e. The number of amides is 1. The molecular formula is C18H25FN2O3. The largest absolute Gasteiger partial charge is 0.508 e. The molecule has 3 rings (SSSR count). The zero-order valence-corrected chi connectivity index (χ0v) is 14.1. The molecule has 6 heteroatoms. The summed E-state index contributed by atoms with van der Waals surface area (Å²) in [5.41, 5.74) is -0.109. The predicted octanol–water partition coefficient (Wildman–Crippen LogP) is 2.29. The molecule has 1 aromatic carbocycles. The van der Waals surface area contributed by atoms with Gasteiger partial charge in [-0.3, -0.25) is 9.69 Å². The molecule has 132 valence electrons. The quantitative estimate of drug-likeness (QED) is 0.886. The van der Waals surface area contributed by atoms with Gasteiger partial charge in [-0.25, -0.2) is 4.39 Å². The molecule has 1 heterocycles. The normalized spacial score (nSPS) is 22.2. The van der Waals surface area contributed by atoms with Crippen LogP contribution >= 0.6 is 0 Å². The Hall–Kier alpha value is -1.66. The van der Waals surface area contributed by atoms with Crippen molar-refractivity contribution >= 4 is 5.91 Å². The molecule has 1 saturated heterocycles. The van der Waals surface area contributed by atoms with Gasteiger partial charge < -0.3 is 15.2 Å². The smallest absolute Gasteiger partial charge is 0.254 e. The average molecular weight is 336 g/mol. The second kappa shape index (κ2) is 7.07. The lowest BCUT2D eigenvalue weighted by molar-refractivity contribution is -0.0323. The van der Waals surface area contributed by atoms with E-state index < -0.39 is 11.7 Å². The van der Waals surface area contributed by atoms with Gasteiger partial charge in [0.2, 0.25) is 0 Å². The summed E-state index contributed by atoms with van der Waals surface area (Å²) in [6.07, 6.45) is 4.36. The summed E-state index contributed by atoms with van der Waals surface area (Å²) in [5, 5.41) is 12.3. The van der Waals surface area contributed by atoms with Crippen LogP contribution in [-0.4, -0.2) is 53.8 Å². The van der Waals surface area contributed by atoms with Crippen molar-refractivity contribution in [3.05, 3.63) is 29.6 Å². The molecule has 5 nitrogen and oxygen atoms in total. The molecule has 0 bridgehead atoms. The van der Waals surface area contributed by atoms with E-state index in [1.807, 2.05) is 6.92 Å². The summed E-state index contributed by atoms with van der Waals surface area (Å²) in [6, 6.07) is 3.53. The maximum atomic E-state index is 13.9. The van der Waals surface area contributed by atoms with E-state index in [0.717, 1.165) is 58.1 Å². The molecule has 1 aliphatic carbocycles. The van der Waals surface area contributed by atoms with E-state index in [2.05, 4.69) is 10.2 Å². The molecule has 1 atom stereocenters. The molecule has 24 heavy (non-hydrogen) atoms. The van der Waals surface area contributed by atoms with Gasteiger partial charge in [0.25, 0.3) is 5.91 Å². The number of carbonyl (C=O) groups is 1. The van der Waals surface area contributed by atoms with Crippen LogP contribution in [0.3, 0.4) is 0 Å². The Morgan fingerprint density at radius 2 is 2.00 bits per heavy atom. The molecule has 0 radical (unpaired) electrons. The van der Waals surface area contributed by atoms with E-state index in [1.54, 1.807) is 0 Å². The second-order valence-corrected chi connectivity index (χ2v) is 6.77. The number of halogens is 1. The van der Waals surface area contributed by atoms with Crippen LogP contribution in [0.5, 0.6) is 5.75 Å². The first-order valence-electron chi connectivity index (χ1n) is 8.65. The number of phenols is 1. The van der Waals surface area contributed by atoms with Gasteiger partial charge in [-0.05, 0) is 31.9 Å². The number of nitrogens with one attached hydrogen (secondary N) is 1. The van der Waals surface area contributed by atoms with Crippen LogP contribution < -0.4 is 5.32 Å². The lowest BCUT2D eigenvalue weighted by atomic mass is 9.86. The monoisotopic (exact) mass is 336 g/mol. The number of hydrogen-bond acceptors (Lipinski definition) is 4. The first kappa shape index (κ1) is 17.2. The Morgan fingerprint density at radius 1 is 1.33 bits per heavy atom. The number of hydrogen-bond donors (Lipinski definition) is 2. The predicted molar refractivity (Wildman–Crippen MR) is 88.6 cm³/mol. The third-order valence-electron chi connectivity index (χ3n) is 5.46. The highest BCUT2D eigenvalue weighted by molar-refractivity contribution is 5.94. The molecule has 0 spiro atoms. The summed E-state index contributed by atoms with van der Waals surface area (Å²) in [5.74, 6) is -1.32. The zero-order chi connectivity index (χ0) is 17.2. The number of rotatable bonds is 4. The molecule has 0 aromatic heterocycles.